The Kier molecular flexibility index (Phi) is 3.97. The van der Waals surface area contributed by atoms with E-state index in [1.807, 2.05) is 5.32 Å². The quantitative estimate of drug-likeness (QED) is 0.338. The first-order valence-electron chi connectivity index (χ1n) is 2.51. The summed E-state index contributed by atoms with van der Waals surface area (Å²) in [5, 5.41) is 2.00. The van der Waals surface area contributed by atoms with Crippen molar-refractivity contribution in [1.29, 1.82) is 0 Å². The van der Waals surface area contributed by atoms with Crippen molar-refractivity contribution >= 4 is 16.9 Å². The smallest absolute Gasteiger partial charge is 0.300 e. The van der Waals surface area contributed by atoms with Gasteiger partial charge in [-0.2, -0.15) is 8.42 Å². The van der Waals surface area contributed by atoms with Crippen LogP contribution >= 0.6 is 0 Å². The highest BCUT2D eigenvalue weighted by molar-refractivity contribution is 7.67. The van der Waals surface area contributed by atoms with Gasteiger partial charge in [0.25, 0.3) is 0 Å². The highest BCUT2D eigenvalue weighted by Gasteiger charge is 1.98. The minimum Gasteiger partial charge on any atom is -0.366 e. The molecule has 0 aliphatic rings. The Bertz CT molecular complexity index is 247. The van der Waals surface area contributed by atoms with Gasteiger partial charge in [-0.25, -0.2) is 0 Å². The van der Waals surface area contributed by atoms with Gasteiger partial charge in [-0.1, -0.05) is 6.58 Å². The normalized spacial score (nSPS) is 8.82. The molecular formula is C5H7NO4S. The van der Waals surface area contributed by atoms with Crippen molar-refractivity contribution in [2.24, 2.45) is 0 Å². The molecule has 0 saturated carbocycles. The fraction of sp³-hybridized carbons (Fsp3) is 0. The molecule has 0 spiro atoms. The van der Waals surface area contributed by atoms with E-state index in [4.69, 9.17) is 0 Å². The number of carbonyl (C=O) groups excluding carboxylic acids is 1. The summed E-state index contributed by atoms with van der Waals surface area (Å²) < 4.78 is 23.7. The van der Waals surface area contributed by atoms with E-state index in [0.717, 1.165) is 6.08 Å². The summed E-state index contributed by atoms with van der Waals surface area (Å²) in [6.45, 7) is 6.23. The number of amides is 1. The van der Waals surface area contributed by atoms with E-state index in [9.17, 15) is 13.2 Å². The molecular weight excluding hydrogens is 170 g/mol. The van der Waals surface area contributed by atoms with Crippen LogP contribution in [0.5, 0.6) is 0 Å². The van der Waals surface area contributed by atoms with E-state index in [1.165, 1.54) is 0 Å². The molecule has 0 aliphatic carbocycles. The maximum atomic E-state index is 10.4. The standard InChI is InChI=1S/C5H7NO4S/c1-3-5(7)6-4(2)10-11(8)9/h3,11H,1-2H2,(H,6,7). The molecule has 0 unspecified atom stereocenters. The van der Waals surface area contributed by atoms with Crippen LogP contribution < -0.4 is 5.32 Å². The van der Waals surface area contributed by atoms with Gasteiger partial charge < -0.3 is 4.18 Å². The van der Waals surface area contributed by atoms with Crippen LogP contribution in [-0.2, 0) is 20.0 Å². The van der Waals surface area contributed by atoms with E-state index in [1.54, 1.807) is 0 Å². The Morgan fingerprint density at radius 1 is 1.55 bits per heavy atom. The predicted octanol–water partition coefficient (Wildman–Crippen LogP) is -0.697. The molecule has 6 heteroatoms. The molecule has 0 aromatic heterocycles. The average molecular weight is 177 g/mol. The van der Waals surface area contributed by atoms with E-state index < -0.39 is 16.9 Å². The van der Waals surface area contributed by atoms with Crippen molar-refractivity contribution in [2.45, 2.75) is 0 Å². The number of rotatable bonds is 4. The van der Waals surface area contributed by atoms with Gasteiger partial charge in [-0.05, 0) is 12.7 Å². The molecule has 0 aliphatic heterocycles. The largest absolute Gasteiger partial charge is 0.366 e. The molecule has 0 fully saturated rings. The lowest BCUT2D eigenvalue weighted by molar-refractivity contribution is -0.116. The van der Waals surface area contributed by atoms with Gasteiger partial charge >= 0.3 is 11.0 Å². The minimum atomic E-state index is -3.02. The zero-order chi connectivity index (χ0) is 8.85. The lowest BCUT2D eigenvalue weighted by Crippen LogP contribution is -2.20. The molecule has 1 amide bonds. The predicted molar refractivity (Wildman–Crippen MR) is 38.9 cm³/mol. The second kappa shape index (κ2) is 4.51. The van der Waals surface area contributed by atoms with Gasteiger partial charge in [0.1, 0.15) is 0 Å². The monoisotopic (exact) mass is 177 g/mol. The molecule has 0 heterocycles. The topological polar surface area (TPSA) is 72.5 Å². The van der Waals surface area contributed by atoms with Crippen LogP contribution in [0.15, 0.2) is 25.1 Å². The number of nitrogens with one attached hydrogen (secondary N) is 1. The summed E-state index contributed by atoms with van der Waals surface area (Å²) in [7, 11) is -3.02. The van der Waals surface area contributed by atoms with Crippen LogP contribution in [0.4, 0.5) is 0 Å². The maximum absolute atomic E-state index is 10.4. The fourth-order valence-corrected chi connectivity index (χ4v) is 0.527. The number of carbonyl (C=O) groups is 1. The third kappa shape index (κ3) is 5.16. The van der Waals surface area contributed by atoms with Crippen molar-refractivity contribution in [1.82, 2.24) is 5.32 Å². The van der Waals surface area contributed by atoms with Crippen LogP contribution in [0.2, 0.25) is 0 Å². The van der Waals surface area contributed by atoms with E-state index >= 15 is 0 Å². The van der Waals surface area contributed by atoms with Gasteiger partial charge in [-0.15, -0.1) is 0 Å². The van der Waals surface area contributed by atoms with Crippen molar-refractivity contribution in [3.8, 4) is 0 Å². The number of thiol groups is 1. The SMILES string of the molecule is C=CC(=O)NC(=C)O[SH](=O)=O. The van der Waals surface area contributed by atoms with Crippen LogP contribution in [0.1, 0.15) is 0 Å². The summed E-state index contributed by atoms with van der Waals surface area (Å²) in [5.41, 5.74) is 0. The Morgan fingerprint density at radius 3 is 2.45 bits per heavy atom. The Morgan fingerprint density at radius 2 is 2.09 bits per heavy atom. The third-order valence-electron chi connectivity index (χ3n) is 0.633. The number of hydrogen-bond donors (Lipinski definition) is 2. The molecule has 62 valence electrons. The van der Waals surface area contributed by atoms with Crippen molar-refractivity contribution < 1.29 is 17.4 Å². The molecule has 0 aromatic rings. The van der Waals surface area contributed by atoms with E-state index in [-0.39, 0.29) is 5.88 Å². The first-order valence-corrected chi connectivity index (χ1v) is 3.60. The van der Waals surface area contributed by atoms with Gasteiger partial charge in [0.05, 0.1) is 0 Å². The summed E-state index contributed by atoms with van der Waals surface area (Å²) in [5.74, 6) is -0.919. The zero-order valence-corrected chi connectivity index (χ0v) is 6.47. The van der Waals surface area contributed by atoms with Crippen LogP contribution in [0, 0.1) is 0 Å². The molecule has 0 radical (unpaired) electrons. The summed E-state index contributed by atoms with van der Waals surface area (Å²) >= 11 is 0. The zero-order valence-electron chi connectivity index (χ0n) is 5.57. The average Bonchev–Trinajstić information content (AvgIpc) is 1.85. The van der Waals surface area contributed by atoms with Crippen molar-refractivity contribution in [3.63, 3.8) is 0 Å². The highest BCUT2D eigenvalue weighted by Crippen LogP contribution is 1.86. The fourth-order valence-electron chi connectivity index (χ4n) is 0.301. The van der Waals surface area contributed by atoms with Gasteiger partial charge in [0.15, 0.2) is 0 Å². The molecule has 0 saturated heterocycles. The number of hydrogen-bond acceptors (Lipinski definition) is 4. The van der Waals surface area contributed by atoms with Crippen LogP contribution in [-0.4, -0.2) is 14.3 Å². The summed E-state index contributed by atoms with van der Waals surface area (Å²) in [6.07, 6.45) is 0.965. The lowest BCUT2D eigenvalue weighted by Gasteiger charge is -2.00. The maximum Gasteiger partial charge on any atom is 0.300 e. The lowest BCUT2D eigenvalue weighted by atomic mass is 10.6. The minimum absolute atomic E-state index is 0.342. The Balaban J connectivity index is 3.88. The molecule has 11 heavy (non-hydrogen) atoms. The van der Waals surface area contributed by atoms with Gasteiger partial charge in [-0.3, -0.25) is 10.1 Å². The molecule has 0 bridgehead atoms. The molecule has 5 nitrogen and oxygen atoms in total. The van der Waals surface area contributed by atoms with Gasteiger partial charge in [0, 0.05) is 0 Å². The van der Waals surface area contributed by atoms with E-state index in [2.05, 4.69) is 17.3 Å². The summed E-state index contributed by atoms with van der Waals surface area (Å²) in [4.78, 5) is 10.4. The second-order valence-corrected chi connectivity index (χ2v) is 2.06. The van der Waals surface area contributed by atoms with Crippen molar-refractivity contribution in [3.05, 3.63) is 25.1 Å². The van der Waals surface area contributed by atoms with E-state index in [0.29, 0.717) is 0 Å². The Hall–Kier alpha value is -1.30. The molecule has 0 aromatic carbocycles. The molecule has 1 N–H and O–H groups in total. The first kappa shape index (κ1) is 9.70. The van der Waals surface area contributed by atoms with Gasteiger partial charge in [0.2, 0.25) is 11.8 Å². The third-order valence-corrected chi connectivity index (χ3v) is 1.00. The van der Waals surface area contributed by atoms with Crippen molar-refractivity contribution in [2.75, 3.05) is 0 Å². The second-order valence-electron chi connectivity index (χ2n) is 1.43. The molecule has 0 atom stereocenters. The molecule has 0 rings (SSSR count). The summed E-state index contributed by atoms with van der Waals surface area (Å²) in [6, 6.07) is 0. The Labute approximate surface area is 65.5 Å². The van der Waals surface area contributed by atoms with Crippen LogP contribution in [0.25, 0.3) is 0 Å². The first-order chi connectivity index (χ1) is 5.06. The van der Waals surface area contributed by atoms with Crippen LogP contribution in [0.3, 0.4) is 0 Å². The highest BCUT2D eigenvalue weighted by atomic mass is 32.2.